The molecule has 33 heavy (non-hydrogen) atoms. The van der Waals surface area contributed by atoms with Crippen LogP contribution in [0.5, 0.6) is 11.5 Å². The largest absolute Gasteiger partial charge is 0.493 e. The third kappa shape index (κ3) is 3.70. The highest BCUT2D eigenvalue weighted by molar-refractivity contribution is 7.20. The Hall–Kier alpha value is -3.83. The number of aromatic nitrogens is 3. The number of anilines is 1. The van der Waals surface area contributed by atoms with Gasteiger partial charge in [-0.3, -0.25) is 4.79 Å². The highest BCUT2D eigenvalue weighted by Crippen LogP contribution is 2.43. The molecule has 0 saturated carbocycles. The first kappa shape index (κ1) is 21.0. The molecule has 7 nitrogen and oxygen atoms in total. The second-order valence-electron chi connectivity index (χ2n) is 7.94. The Balaban J connectivity index is 1.60. The number of carbonyl (C=O) groups excluding carboxylic acids is 1. The van der Waals surface area contributed by atoms with E-state index in [9.17, 15) is 4.79 Å². The average Bonchev–Trinajstić information content (AvgIpc) is 3.37. The molecule has 2 aromatic heterocycles. The van der Waals surface area contributed by atoms with E-state index in [1.165, 1.54) is 5.56 Å². The van der Waals surface area contributed by atoms with Gasteiger partial charge in [-0.25, -0.2) is 4.98 Å². The van der Waals surface area contributed by atoms with Crippen molar-refractivity contribution in [3.63, 3.8) is 0 Å². The maximum Gasteiger partial charge on any atom is 0.226 e. The van der Waals surface area contributed by atoms with Crippen LogP contribution in [0.4, 0.5) is 5.82 Å². The quantitative estimate of drug-likeness (QED) is 0.443. The molecule has 1 aliphatic heterocycles. The average molecular weight is 459 g/mol. The minimum absolute atomic E-state index is 0.0720. The van der Waals surface area contributed by atoms with Crippen LogP contribution < -0.4 is 14.8 Å². The molecule has 0 radical (unpaired) electrons. The first-order valence-corrected chi connectivity index (χ1v) is 11.3. The number of hydrogen-bond acceptors (Lipinski definition) is 6. The Bertz CT molecular complexity index is 1430. The molecule has 0 saturated heterocycles. The van der Waals surface area contributed by atoms with E-state index in [4.69, 9.17) is 26.0 Å². The molecule has 4 aromatic rings. The van der Waals surface area contributed by atoms with Crippen molar-refractivity contribution < 1.29 is 14.3 Å². The Labute approximate surface area is 195 Å². The van der Waals surface area contributed by atoms with Gasteiger partial charge in [0.05, 0.1) is 23.0 Å². The number of methoxy groups -OCH3 is 1. The van der Waals surface area contributed by atoms with Crippen molar-refractivity contribution in [2.24, 2.45) is 0 Å². The number of amides is 1. The predicted octanol–water partition coefficient (Wildman–Crippen LogP) is 4.59. The van der Waals surface area contributed by atoms with E-state index in [1.807, 2.05) is 37.3 Å². The lowest BCUT2D eigenvalue weighted by Gasteiger charge is -2.24. The third-order valence-electron chi connectivity index (χ3n) is 5.72. The van der Waals surface area contributed by atoms with Gasteiger partial charge in [0.1, 0.15) is 12.4 Å². The Kier molecular flexibility index (Phi) is 5.27. The zero-order chi connectivity index (χ0) is 23.1. The summed E-state index contributed by atoms with van der Waals surface area (Å²) in [6, 6.07) is 11.8. The summed E-state index contributed by atoms with van der Waals surface area (Å²) in [6.45, 7) is 4.17. The summed E-state index contributed by atoms with van der Waals surface area (Å²) in [5.74, 6) is 4.01. The van der Waals surface area contributed by atoms with Crippen molar-refractivity contribution in [1.82, 2.24) is 14.8 Å². The molecule has 0 unspecified atom stereocenters. The van der Waals surface area contributed by atoms with Crippen molar-refractivity contribution in [1.29, 1.82) is 0 Å². The van der Waals surface area contributed by atoms with Crippen LogP contribution in [0.1, 0.15) is 34.7 Å². The normalized spacial score (nSPS) is 15.1. The van der Waals surface area contributed by atoms with Crippen molar-refractivity contribution in [3.05, 3.63) is 58.8 Å². The molecular weight excluding hydrogens is 436 g/mol. The first-order valence-electron chi connectivity index (χ1n) is 10.5. The lowest BCUT2D eigenvalue weighted by molar-refractivity contribution is -0.116. The molecule has 1 atom stereocenters. The van der Waals surface area contributed by atoms with Crippen LogP contribution >= 0.6 is 11.3 Å². The Morgan fingerprint density at radius 2 is 2.09 bits per heavy atom. The van der Waals surface area contributed by atoms with Crippen LogP contribution in [-0.2, 0) is 4.79 Å². The molecule has 3 heterocycles. The summed E-state index contributed by atoms with van der Waals surface area (Å²) in [5.41, 5.74) is 4.85. The number of benzene rings is 2. The number of thiazole rings is 1. The van der Waals surface area contributed by atoms with E-state index in [-0.39, 0.29) is 18.4 Å². The number of nitrogens with one attached hydrogen (secondary N) is 1. The van der Waals surface area contributed by atoms with Crippen LogP contribution in [0.25, 0.3) is 15.3 Å². The van der Waals surface area contributed by atoms with Gasteiger partial charge >= 0.3 is 0 Å². The van der Waals surface area contributed by atoms with E-state index >= 15 is 0 Å². The Morgan fingerprint density at radius 1 is 1.24 bits per heavy atom. The molecule has 1 N–H and O–H groups in total. The zero-order valence-corrected chi connectivity index (χ0v) is 19.3. The number of ether oxygens (including phenoxy) is 2. The van der Waals surface area contributed by atoms with Gasteiger partial charge < -0.3 is 14.8 Å². The summed E-state index contributed by atoms with van der Waals surface area (Å²) in [6.07, 6.45) is 5.62. The molecule has 2 aromatic carbocycles. The fourth-order valence-corrected chi connectivity index (χ4v) is 5.24. The summed E-state index contributed by atoms with van der Waals surface area (Å²) >= 11 is 1.55. The molecule has 1 aliphatic rings. The molecule has 0 aliphatic carbocycles. The molecule has 166 valence electrons. The zero-order valence-electron chi connectivity index (χ0n) is 18.5. The monoisotopic (exact) mass is 458 g/mol. The van der Waals surface area contributed by atoms with Gasteiger partial charge in [-0.05, 0) is 49.2 Å². The minimum atomic E-state index is -0.172. The summed E-state index contributed by atoms with van der Waals surface area (Å²) < 4.78 is 13.9. The van der Waals surface area contributed by atoms with Crippen LogP contribution in [0, 0.1) is 26.2 Å². The van der Waals surface area contributed by atoms with E-state index in [0.29, 0.717) is 23.7 Å². The number of carbonyl (C=O) groups is 1. The topological polar surface area (TPSA) is 78.3 Å². The molecule has 0 bridgehead atoms. The summed E-state index contributed by atoms with van der Waals surface area (Å²) in [7, 11) is 1.58. The van der Waals surface area contributed by atoms with Gasteiger partial charge in [-0.15, -0.1) is 6.42 Å². The third-order valence-corrected chi connectivity index (χ3v) is 6.71. The highest BCUT2D eigenvalue weighted by atomic mass is 32.1. The number of aryl methyl sites for hydroxylation is 2. The SMILES string of the molecule is C#CCOc1ccc([C@@H]2CC(=O)Nc3c2c(C)nn3-c2nc3ccc(C)cc3s2)cc1OC. The number of terminal acetylenes is 1. The van der Waals surface area contributed by atoms with Crippen molar-refractivity contribution in [2.75, 3.05) is 19.0 Å². The van der Waals surface area contributed by atoms with E-state index in [1.54, 1.807) is 23.1 Å². The van der Waals surface area contributed by atoms with Gasteiger partial charge in [0, 0.05) is 17.9 Å². The molecule has 5 rings (SSSR count). The second kappa shape index (κ2) is 8.26. The number of rotatable bonds is 5. The fraction of sp³-hybridized carbons (Fsp3) is 0.240. The van der Waals surface area contributed by atoms with Crippen molar-refractivity contribution >= 4 is 33.3 Å². The molecule has 0 spiro atoms. The maximum atomic E-state index is 12.7. The van der Waals surface area contributed by atoms with Crippen LogP contribution in [0.3, 0.4) is 0 Å². The first-order chi connectivity index (χ1) is 16.0. The predicted molar refractivity (Wildman–Crippen MR) is 129 cm³/mol. The lowest BCUT2D eigenvalue weighted by Crippen LogP contribution is -2.25. The maximum absolute atomic E-state index is 12.7. The van der Waals surface area contributed by atoms with Crippen LogP contribution in [0.15, 0.2) is 36.4 Å². The van der Waals surface area contributed by atoms with Crippen molar-refractivity contribution in [2.45, 2.75) is 26.2 Å². The smallest absolute Gasteiger partial charge is 0.226 e. The standard InChI is InChI=1S/C25H22N4O3S/c1-5-10-32-19-9-7-16(12-20(19)31-4)17-13-22(30)27-24-23(17)15(3)28-29(24)25-26-18-8-6-14(2)11-21(18)33-25/h1,6-9,11-12,17H,10,13H2,2-4H3,(H,27,30)/t17-/m0/s1. The van der Waals surface area contributed by atoms with Crippen molar-refractivity contribution in [3.8, 4) is 29.0 Å². The lowest BCUT2D eigenvalue weighted by atomic mass is 9.85. The van der Waals surface area contributed by atoms with Gasteiger partial charge in [-0.2, -0.15) is 9.78 Å². The van der Waals surface area contributed by atoms with E-state index in [0.717, 1.165) is 32.2 Å². The summed E-state index contributed by atoms with van der Waals surface area (Å²) in [5, 5.41) is 8.50. The molecule has 8 heteroatoms. The van der Waals surface area contributed by atoms with Gasteiger partial charge in [0.15, 0.2) is 11.5 Å². The number of fused-ring (bicyclic) bond motifs is 2. The molecule has 0 fully saturated rings. The Morgan fingerprint density at radius 3 is 2.88 bits per heavy atom. The highest BCUT2D eigenvalue weighted by Gasteiger charge is 2.33. The second-order valence-corrected chi connectivity index (χ2v) is 8.94. The molecule has 1 amide bonds. The van der Waals surface area contributed by atoms with E-state index < -0.39 is 0 Å². The summed E-state index contributed by atoms with van der Waals surface area (Å²) in [4.78, 5) is 17.5. The van der Waals surface area contributed by atoms with E-state index in [2.05, 4.69) is 24.2 Å². The number of hydrogen-bond donors (Lipinski definition) is 1. The fourth-order valence-electron chi connectivity index (χ4n) is 4.22. The van der Waals surface area contributed by atoms with Crippen LogP contribution in [-0.4, -0.2) is 34.4 Å². The number of nitrogens with zero attached hydrogens (tertiary/aromatic N) is 3. The van der Waals surface area contributed by atoms with Gasteiger partial charge in [-0.1, -0.05) is 29.4 Å². The van der Waals surface area contributed by atoms with Crippen LogP contribution in [0.2, 0.25) is 0 Å². The molecular formula is C25H22N4O3S. The van der Waals surface area contributed by atoms with Gasteiger partial charge in [0.25, 0.3) is 0 Å². The van der Waals surface area contributed by atoms with Gasteiger partial charge in [0.2, 0.25) is 11.0 Å². The minimum Gasteiger partial charge on any atom is -0.493 e.